The van der Waals surface area contributed by atoms with E-state index >= 15 is 0 Å². The van der Waals surface area contributed by atoms with Gasteiger partial charge in [-0.15, -0.1) is 0 Å². The Morgan fingerprint density at radius 2 is 1.03 bits per heavy atom. The molecule has 0 saturated heterocycles. The fourth-order valence-electron chi connectivity index (χ4n) is 3.37. The van der Waals surface area contributed by atoms with Crippen LogP contribution >= 0.6 is 0 Å². The van der Waals surface area contributed by atoms with Crippen LogP contribution in [-0.4, -0.2) is 13.4 Å². The Morgan fingerprint density at radius 1 is 0.581 bits per heavy atom. The molecule has 31 heavy (non-hydrogen) atoms. The molecule has 0 aliphatic carbocycles. The summed E-state index contributed by atoms with van der Waals surface area (Å²) in [5.74, 6) is 0.832. The monoisotopic (exact) mass is 405 g/mol. The van der Waals surface area contributed by atoms with Gasteiger partial charge < -0.3 is 9.64 Å². The van der Waals surface area contributed by atoms with Crippen molar-refractivity contribution < 1.29 is 9.53 Å². The van der Waals surface area contributed by atoms with E-state index in [1.165, 1.54) is 0 Å². The number of anilines is 3. The Balaban J connectivity index is 1.61. The molecule has 0 unspecified atom stereocenters. The van der Waals surface area contributed by atoms with Crippen LogP contribution in [0.1, 0.15) is 21.5 Å². The van der Waals surface area contributed by atoms with E-state index in [0.29, 0.717) is 5.56 Å². The molecule has 152 valence electrons. The predicted molar refractivity (Wildman–Crippen MR) is 128 cm³/mol. The maximum absolute atomic E-state index is 10.8. The second-order valence-corrected chi connectivity index (χ2v) is 7.08. The van der Waals surface area contributed by atoms with E-state index in [0.717, 1.165) is 40.2 Å². The predicted octanol–water partition coefficient (Wildman–Crippen LogP) is 7.15. The summed E-state index contributed by atoms with van der Waals surface area (Å²) < 4.78 is 5.31. The number of nitrogens with zero attached hydrogens (tertiary/aromatic N) is 1. The molecule has 0 N–H and O–H groups in total. The molecule has 4 aromatic carbocycles. The highest BCUT2D eigenvalue weighted by atomic mass is 16.5. The summed E-state index contributed by atoms with van der Waals surface area (Å²) in [7, 11) is 1.67. The average molecular weight is 405 g/mol. The number of methoxy groups -OCH3 is 1. The minimum absolute atomic E-state index is 0.682. The van der Waals surface area contributed by atoms with Crippen molar-refractivity contribution >= 4 is 35.5 Å². The van der Waals surface area contributed by atoms with E-state index in [9.17, 15) is 4.79 Å². The number of rotatable bonds is 7. The van der Waals surface area contributed by atoms with Crippen molar-refractivity contribution in [2.75, 3.05) is 12.0 Å². The molecule has 0 atom stereocenters. The molecule has 4 rings (SSSR count). The van der Waals surface area contributed by atoms with Crippen LogP contribution in [0.3, 0.4) is 0 Å². The van der Waals surface area contributed by atoms with Gasteiger partial charge in [0.25, 0.3) is 0 Å². The van der Waals surface area contributed by atoms with Gasteiger partial charge in [-0.05, 0) is 59.7 Å². The Morgan fingerprint density at radius 3 is 1.55 bits per heavy atom. The summed E-state index contributed by atoms with van der Waals surface area (Å²) >= 11 is 0. The lowest BCUT2D eigenvalue weighted by atomic mass is 10.1. The Hall–Kier alpha value is -4.11. The molecule has 0 radical (unpaired) electrons. The van der Waals surface area contributed by atoms with Crippen LogP contribution in [-0.2, 0) is 0 Å². The van der Waals surface area contributed by atoms with E-state index in [-0.39, 0.29) is 0 Å². The molecule has 0 saturated carbocycles. The molecular formula is C28H23NO2. The van der Waals surface area contributed by atoms with E-state index in [1.807, 2.05) is 60.7 Å². The van der Waals surface area contributed by atoms with Crippen LogP contribution in [0.15, 0.2) is 103 Å². The molecular weight excluding hydrogens is 382 g/mol. The largest absolute Gasteiger partial charge is 0.497 e. The van der Waals surface area contributed by atoms with Gasteiger partial charge in [0.1, 0.15) is 12.0 Å². The molecule has 0 aliphatic heterocycles. The highest BCUT2D eigenvalue weighted by Gasteiger charge is 2.12. The van der Waals surface area contributed by atoms with Crippen LogP contribution in [0, 0.1) is 0 Å². The third kappa shape index (κ3) is 4.90. The van der Waals surface area contributed by atoms with E-state index in [1.54, 1.807) is 7.11 Å². The first-order valence-electron chi connectivity index (χ1n) is 10.1. The minimum Gasteiger partial charge on any atom is -0.497 e. The van der Waals surface area contributed by atoms with Crippen molar-refractivity contribution in [2.45, 2.75) is 0 Å². The lowest BCUT2D eigenvalue weighted by Crippen LogP contribution is -2.09. The Kier molecular flexibility index (Phi) is 6.24. The first-order valence-corrected chi connectivity index (χ1v) is 10.1. The Labute approximate surface area is 182 Å². The first kappa shape index (κ1) is 20.2. The fraction of sp³-hybridized carbons (Fsp3) is 0.0357. The molecule has 3 nitrogen and oxygen atoms in total. The summed E-state index contributed by atoms with van der Waals surface area (Å²) in [4.78, 5) is 13.0. The van der Waals surface area contributed by atoms with E-state index in [2.05, 4.69) is 59.5 Å². The van der Waals surface area contributed by atoms with Gasteiger partial charge in [0, 0.05) is 22.6 Å². The number of aldehydes is 1. The molecule has 0 aliphatic rings. The summed E-state index contributed by atoms with van der Waals surface area (Å²) in [6, 6.07) is 34.3. The normalized spacial score (nSPS) is 10.7. The number of hydrogen-bond donors (Lipinski definition) is 0. The SMILES string of the molecule is COc1ccc(N(c2ccccc2)c2ccc(C=Cc3ccc(C=O)cc3)cc2)cc1. The van der Waals surface area contributed by atoms with Crippen molar-refractivity contribution in [3.05, 3.63) is 120 Å². The van der Waals surface area contributed by atoms with Gasteiger partial charge in [0.15, 0.2) is 0 Å². The third-order valence-corrected chi connectivity index (χ3v) is 5.04. The Bertz CT molecular complexity index is 1150. The van der Waals surface area contributed by atoms with Crippen LogP contribution in [0.4, 0.5) is 17.1 Å². The topological polar surface area (TPSA) is 29.5 Å². The minimum atomic E-state index is 0.682. The van der Waals surface area contributed by atoms with Crippen molar-refractivity contribution in [2.24, 2.45) is 0 Å². The number of carbonyl (C=O) groups is 1. The molecule has 0 fully saturated rings. The van der Waals surface area contributed by atoms with E-state index in [4.69, 9.17) is 4.74 Å². The zero-order valence-corrected chi connectivity index (χ0v) is 17.3. The van der Waals surface area contributed by atoms with Crippen molar-refractivity contribution in [3.8, 4) is 5.75 Å². The van der Waals surface area contributed by atoms with Crippen LogP contribution in [0.5, 0.6) is 5.75 Å². The smallest absolute Gasteiger partial charge is 0.150 e. The van der Waals surface area contributed by atoms with Gasteiger partial charge in [-0.2, -0.15) is 0 Å². The van der Waals surface area contributed by atoms with Crippen LogP contribution in [0.25, 0.3) is 12.2 Å². The van der Waals surface area contributed by atoms with E-state index < -0.39 is 0 Å². The van der Waals surface area contributed by atoms with Gasteiger partial charge in [-0.1, -0.05) is 66.7 Å². The summed E-state index contributed by atoms with van der Waals surface area (Å²) in [5.41, 5.74) is 6.06. The molecule has 0 amide bonds. The van der Waals surface area contributed by atoms with Crippen molar-refractivity contribution in [1.29, 1.82) is 0 Å². The number of hydrogen-bond acceptors (Lipinski definition) is 3. The quantitative estimate of drug-likeness (QED) is 0.242. The lowest BCUT2D eigenvalue weighted by Gasteiger charge is -2.25. The number of ether oxygens (including phenoxy) is 1. The second-order valence-electron chi connectivity index (χ2n) is 7.08. The van der Waals surface area contributed by atoms with Gasteiger partial charge in [0.2, 0.25) is 0 Å². The summed E-state index contributed by atoms with van der Waals surface area (Å²) in [6.07, 6.45) is 4.97. The number of para-hydroxylation sites is 1. The molecule has 3 heteroatoms. The number of benzene rings is 4. The molecule has 0 spiro atoms. The van der Waals surface area contributed by atoms with Crippen molar-refractivity contribution in [1.82, 2.24) is 0 Å². The van der Waals surface area contributed by atoms with Crippen LogP contribution in [0.2, 0.25) is 0 Å². The second kappa shape index (κ2) is 9.59. The standard InChI is InChI=1S/C28H23NO2/c1-31-28-19-17-27(18-20-28)29(25-5-3-2-4-6-25)26-15-13-23(14-16-26)8-7-22-9-11-24(21-30)12-10-22/h2-21H,1H3. The summed E-state index contributed by atoms with van der Waals surface area (Å²) in [5, 5.41) is 0. The lowest BCUT2D eigenvalue weighted by molar-refractivity contribution is 0.112. The highest BCUT2D eigenvalue weighted by molar-refractivity contribution is 5.79. The maximum atomic E-state index is 10.8. The van der Waals surface area contributed by atoms with Gasteiger partial charge in [-0.3, -0.25) is 4.79 Å². The number of carbonyl (C=O) groups excluding carboxylic acids is 1. The van der Waals surface area contributed by atoms with Gasteiger partial charge in [0.05, 0.1) is 7.11 Å². The first-order chi connectivity index (χ1) is 15.3. The van der Waals surface area contributed by atoms with Crippen LogP contribution < -0.4 is 9.64 Å². The third-order valence-electron chi connectivity index (χ3n) is 5.04. The zero-order valence-electron chi connectivity index (χ0n) is 17.3. The fourth-order valence-corrected chi connectivity index (χ4v) is 3.37. The van der Waals surface area contributed by atoms with Crippen molar-refractivity contribution in [3.63, 3.8) is 0 Å². The molecule has 0 heterocycles. The average Bonchev–Trinajstić information content (AvgIpc) is 2.85. The molecule has 0 aromatic heterocycles. The molecule has 0 bridgehead atoms. The van der Waals surface area contributed by atoms with Gasteiger partial charge >= 0.3 is 0 Å². The maximum Gasteiger partial charge on any atom is 0.150 e. The van der Waals surface area contributed by atoms with Gasteiger partial charge in [-0.25, -0.2) is 0 Å². The zero-order chi connectivity index (χ0) is 21.5. The highest BCUT2D eigenvalue weighted by Crippen LogP contribution is 2.35. The molecule has 4 aromatic rings. The summed E-state index contributed by atoms with van der Waals surface area (Å²) in [6.45, 7) is 0.